The highest BCUT2D eigenvalue weighted by Gasteiger charge is 2.18. The van der Waals surface area contributed by atoms with Gasteiger partial charge in [-0.05, 0) is 37.2 Å². The molecule has 2 heterocycles. The molecule has 1 N–H and O–H groups in total. The molecule has 128 valence electrons. The topological polar surface area (TPSA) is 67.2 Å². The molecule has 0 radical (unpaired) electrons. The molecule has 1 aromatic heterocycles. The molecule has 0 spiro atoms. The molecule has 2 rings (SSSR count). The van der Waals surface area contributed by atoms with Gasteiger partial charge in [-0.1, -0.05) is 20.8 Å². The van der Waals surface area contributed by atoms with Crippen LogP contribution >= 0.6 is 0 Å². The maximum atomic E-state index is 12.0. The van der Waals surface area contributed by atoms with Crippen LogP contribution in [0.3, 0.4) is 0 Å². The second-order valence-corrected chi connectivity index (χ2v) is 6.89. The Balaban J connectivity index is 1.97. The first kappa shape index (κ1) is 17.5. The summed E-state index contributed by atoms with van der Waals surface area (Å²) >= 11 is 0. The zero-order valence-electron chi connectivity index (χ0n) is 14.4. The molecule has 1 amide bonds. The average molecular weight is 320 g/mol. The fourth-order valence-electron chi connectivity index (χ4n) is 2.65. The lowest BCUT2D eigenvalue weighted by Crippen LogP contribution is -2.37. The SMILES string of the molecule is CC(C)CCNC(=O)Cn1nc(N2CCC(C)CC2)ccc1=O. The third-order valence-electron chi connectivity index (χ3n) is 4.30. The van der Waals surface area contributed by atoms with E-state index in [2.05, 4.69) is 36.1 Å². The summed E-state index contributed by atoms with van der Waals surface area (Å²) in [6, 6.07) is 3.26. The number of nitrogens with zero attached hydrogens (tertiary/aromatic N) is 3. The van der Waals surface area contributed by atoms with Crippen molar-refractivity contribution in [3.8, 4) is 0 Å². The number of carbonyl (C=O) groups excluding carboxylic acids is 1. The van der Waals surface area contributed by atoms with Crippen LogP contribution in [-0.4, -0.2) is 35.3 Å². The number of anilines is 1. The van der Waals surface area contributed by atoms with Gasteiger partial charge >= 0.3 is 0 Å². The lowest BCUT2D eigenvalue weighted by atomic mass is 9.99. The van der Waals surface area contributed by atoms with Gasteiger partial charge in [0.1, 0.15) is 12.4 Å². The van der Waals surface area contributed by atoms with E-state index >= 15 is 0 Å². The quantitative estimate of drug-likeness (QED) is 0.865. The molecule has 1 aliphatic rings. The number of nitrogens with one attached hydrogen (secondary N) is 1. The molecular weight excluding hydrogens is 292 g/mol. The van der Waals surface area contributed by atoms with Crippen LogP contribution in [0.15, 0.2) is 16.9 Å². The molecule has 1 fully saturated rings. The maximum Gasteiger partial charge on any atom is 0.267 e. The zero-order chi connectivity index (χ0) is 16.8. The van der Waals surface area contributed by atoms with E-state index in [1.54, 1.807) is 6.07 Å². The summed E-state index contributed by atoms with van der Waals surface area (Å²) in [4.78, 5) is 26.1. The van der Waals surface area contributed by atoms with E-state index < -0.39 is 0 Å². The van der Waals surface area contributed by atoms with E-state index in [1.807, 2.05) is 0 Å². The summed E-state index contributed by atoms with van der Waals surface area (Å²) in [5.74, 6) is 1.90. The number of amides is 1. The highest BCUT2D eigenvalue weighted by atomic mass is 16.2. The molecule has 1 saturated heterocycles. The summed E-state index contributed by atoms with van der Waals surface area (Å²) in [6.45, 7) is 9.00. The first-order valence-electron chi connectivity index (χ1n) is 8.55. The van der Waals surface area contributed by atoms with E-state index in [4.69, 9.17) is 0 Å². The first-order valence-corrected chi connectivity index (χ1v) is 8.55. The van der Waals surface area contributed by atoms with Gasteiger partial charge < -0.3 is 10.2 Å². The van der Waals surface area contributed by atoms with Crippen molar-refractivity contribution >= 4 is 11.7 Å². The Morgan fingerprint density at radius 1 is 1.35 bits per heavy atom. The van der Waals surface area contributed by atoms with Crippen LogP contribution in [0.4, 0.5) is 5.82 Å². The van der Waals surface area contributed by atoms with Gasteiger partial charge in [0.05, 0.1) is 0 Å². The minimum atomic E-state index is -0.238. The van der Waals surface area contributed by atoms with Crippen molar-refractivity contribution in [2.75, 3.05) is 24.5 Å². The Bertz CT molecular complexity index is 574. The molecule has 1 aliphatic heterocycles. The minimum Gasteiger partial charge on any atom is -0.355 e. The van der Waals surface area contributed by atoms with E-state index in [0.717, 1.165) is 44.1 Å². The fraction of sp³-hybridized carbons (Fsp3) is 0.706. The highest BCUT2D eigenvalue weighted by molar-refractivity contribution is 5.75. The predicted octanol–water partition coefficient (Wildman–Crippen LogP) is 1.64. The van der Waals surface area contributed by atoms with Gasteiger partial charge in [-0.15, -0.1) is 0 Å². The zero-order valence-corrected chi connectivity index (χ0v) is 14.4. The average Bonchev–Trinajstić information content (AvgIpc) is 2.50. The first-order chi connectivity index (χ1) is 11.0. The number of hydrogen-bond acceptors (Lipinski definition) is 4. The van der Waals surface area contributed by atoms with Gasteiger partial charge in [0, 0.05) is 25.7 Å². The smallest absolute Gasteiger partial charge is 0.267 e. The number of piperidine rings is 1. The second-order valence-electron chi connectivity index (χ2n) is 6.89. The van der Waals surface area contributed by atoms with Crippen LogP contribution in [0.25, 0.3) is 0 Å². The molecule has 0 atom stereocenters. The Morgan fingerprint density at radius 3 is 2.70 bits per heavy atom. The third kappa shape index (κ3) is 5.37. The van der Waals surface area contributed by atoms with Crippen molar-refractivity contribution in [1.29, 1.82) is 0 Å². The number of hydrogen-bond donors (Lipinski definition) is 1. The summed E-state index contributed by atoms with van der Waals surface area (Å²) in [5, 5.41) is 7.22. The minimum absolute atomic E-state index is 0.0188. The molecule has 0 bridgehead atoms. The molecule has 6 heteroatoms. The van der Waals surface area contributed by atoms with E-state index in [-0.39, 0.29) is 18.0 Å². The van der Waals surface area contributed by atoms with Gasteiger partial charge in [0.15, 0.2) is 0 Å². The summed E-state index contributed by atoms with van der Waals surface area (Å²) in [7, 11) is 0. The summed E-state index contributed by atoms with van der Waals surface area (Å²) in [5.41, 5.74) is -0.238. The van der Waals surface area contributed by atoms with Gasteiger partial charge in [0.2, 0.25) is 5.91 Å². The molecule has 0 aliphatic carbocycles. The van der Waals surface area contributed by atoms with Gasteiger partial charge in [-0.3, -0.25) is 9.59 Å². The lowest BCUT2D eigenvalue weighted by molar-refractivity contribution is -0.121. The van der Waals surface area contributed by atoms with Crippen LogP contribution in [0.5, 0.6) is 0 Å². The van der Waals surface area contributed by atoms with Crippen molar-refractivity contribution in [3.63, 3.8) is 0 Å². The molecule has 23 heavy (non-hydrogen) atoms. The number of rotatable bonds is 6. The van der Waals surface area contributed by atoms with Crippen LogP contribution < -0.4 is 15.8 Å². The fourth-order valence-corrected chi connectivity index (χ4v) is 2.65. The van der Waals surface area contributed by atoms with Gasteiger partial charge in [-0.2, -0.15) is 5.10 Å². The van der Waals surface area contributed by atoms with Gasteiger partial charge in [0.25, 0.3) is 5.56 Å². The van der Waals surface area contributed by atoms with Crippen molar-refractivity contribution < 1.29 is 4.79 Å². The second kappa shape index (κ2) is 8.13. The van der Waals surface area contributed by atoms with Crippen LogP contribution in [0.2, 0.25) is 0 Å². The Hall–Kier alpha value is -1.85. The molecule has 6 nitrogen and oxygen atoms in total. The molecule has 1 aromatic rings. The van der Waals surface area contributed by atoms with E-state index in [1.165, 1.54) is 10.7 Å². The largest absolute Gasteiger partial charge is 0.355 e. The van der Waals surface area contributed by atoms with E-state index in [0.29, 0.717) is 12.5 Å². The van der Waals surface area contributed by atoms with E-state index in [9.17, 15) is 9.59 Å². The van der Waals surface area contributed by atoms with Crippen LogP contribution in [0.1, 0.15) is 40.0 Å². The van der Waals surface area contributed by atoms with Crippen molar-refractivity contribution in [1.82, 2.24) is 15.1 Å². The monoisotopic (exact) mass is 320 g/mol. The summed E-state index contributed by atoms with van der Waals surface area (Å²) in [6.07, 6.45) is 3.20. The molecular formula is C17H28N4O2. The normalized spacial score (nSPS) is 15.9. The molecule has 0 aromatic carbocycles. The van der Waals surface area contributed by atoms with Crippen LogP contribution in [-0.2, 0) is 11.3 Å². The summed E-state index contributed by atoms with van der Waals surface area (Å²) < 4.78 is 1.26. The van der Waals surface area contributed by atoms with Crippen molar-refractivity contribution in [3.05, 3.63) is 22.5 Å². The predicted molar refractivity (Wildman–Crippen MR) is 91.6 cm³/mol. The Labute approximate surface area is 137 Å². The number of carbonyl (C=O) groups is 1. The Morgan fingerprint density at radius 2 is 2.04 bits per heavy atom. The standard InChI is InChI=1S/C17H28N4O2/c1-13(2)6-9-18-16(22)12-21-17(23)5-4-15(19-21)20-10-7-14(3)8-11-20/h4-5,13-14H,6-12H2,1-3H3,(H,18,22). The van der Waals surface area contributed by atoms with Crippen molar-refractivity contribution in [2.24, 2.45) is 11.8 Å². The lowest BCUT2D eigenvalue weighted by Gasteiger charge is -2.31. The number of aromatic nitrogens is 2. The maximum absolute atomic E-state index is 12.0. The van der Waals surface area contributed by atoms with Crippen molar-refractivity contribution in [2.45, 2.75) is 46.6 Å². The highest BCUT2D eigenvalue weighted by Crippen LogP contribution is 2.20. The molecule has 0 unspecified atom stereocenters. The Kier molecular flexibility index (Phi) is 6.19. The van der Waals surface area contributed by atoms with Gasteiger partial charge in [-0.25, -0.2) is 4.68 Å². The molecule has 0 saturated carbocycles. The van der Waals surface area contributed by atoms with Crippen LogP contribution in [0, 0.1) is 11.8 Å². The third-order valence-corrected chi connectivity index (χ3v) is 4.30.